The van der Waals surface area contributed by atoms with Gasteiger partial charge >= 0.3 is 17.8 Å². The summed E-state index contributed by atoms with van der Waals surface area (Å²) < 4.78 is 4.11. The SMILES string of the molecule is NC(=O)C(=O)OCC(N)C(=O)O. The number of rotatable bonds is 3. The molecule has 0 aliphatic rings. The van der Waals surface area contributed by atoms with E-state index in [0.29, 0.717) is 0 Å². The van der Waals surface area contributed by atoms with Gasteiger partial charge in [0.2, 0.25) is 0 Å². The number of amides is 1. The summed E-state index contributed by atoms with van der Waals surface area (Å²) in [6, 6.07) is -1.34. The highest BCUT2D eigenvalue weighted by atomic mass is 16.5. The highest BCUT2D eigenvalue weighted by Crippen LogP contribution is 1.83. The molecule has 0 aromatic rings. The van der Waals surface area contributed by atoms with Gasteiger partial charge in [-0.15, -0.1) is 0 Å². The van der Waals surface area contributed by atoms with E-state index in [1.807, 2.05) is 0 Å². The Balaban J connectivity index is 3.76. The molecule has 1 atom stereocenters. The first-order valence-corrected chi connectivity index (χ1v) is 2.90. The maximum absolute atomic E-state index is 10.3. The number of hydrogen-bond acceptors (Lipinski definition) is 5. The number of carbonyl (C=O) groups is 3. The van der Waals surface area contributed by atoms with Crippen LogP contribution in [-0.2, 0) is 19.1 Å². The van der Waals surface area contributed by atoms with Gasteiger partial charge in [-0.1, -0.05) is 0 Å². The van der Waals surface area contributed by atoms with Crippen LogP contribution in [0.25, 0.3) is 0 Å². The van der Waals surface area contributed by atoms with E-state index >= 15 is 0 Å². The molecule has 0 spiro atoms. The number of carbonyl (C=O) groups excluding carboxylic acids is 2. The smallest absolute Gasteiger partial charge is 0.396 e. The third-order valence-corrected chi connectivity index (χ3v) is 0.912. The molecule has 0 rings (SSSR count). The van der Waals surface area contributed by atoms with E-state index in [1.165, 1.54) is 0 Å². The Morgan fingerprint density at radius 2 is 1.92 bits per heavy atom. The van der Waals surface area contributed by atoms with E-state index in [2.05, 4.69) is 10.5 Å². The largest absolute Gasteiger partial charge is 0.480 e. The molecule has 7 nitrogen and oxygen atoms in total. The second-order valence-corrected chi connectivity index (χ2v) is 1.91. The molecular weight excluding hydrogens is 168 g/mol. The fraction of sp³-hybridized carbons (Fsp3) is 0.400. The van der Waals surface area contributed by atoms with Crippen molar-refractivity contribution in [3.63, 3.8) is 0 Å². The summed E-state index contributed by atoms with van der Waals surface area (Å²) in [5.41, 5.74) is 9.43. The fourth-order valence-electron chi connectivity index (χ4n) is 0.308. The number of primary amides is 1. The van der Waals surface area contributed by atoms with Gasteiger partial charge in [-0.25, -0.2) is 4.79 Å². The van der Waals surface area contributed by atoms with Crippen LogP contribution in [0.4, 0.5) is 0 Å². The van der Waals surface area contributed by atoms with Crippen LogP contribution in [0.5, 0.6) is 0 Å². The van der Waals surface area contributed by atoms with Gasteiger partial charge in [0, 0.05) is 0 Å². The molecule has 68 valence electrons. The third kappa shape index (κ3) is 3.52. The number of carboxylic acid groups (broad SMARTS) is 1. The Kier molecular flexibility index (Phi) is 3.71. The van der Waals surface area contributed by atoms with Gasteiger partial charge in [-0.3, -0.25) is 9.59 Å². The number of carboxylic acids is 1. The third-order valence-electron chi connectivity index (χ3n) is 0.912. The van der Waals surface area contributed by atoms with Crippen molar-refractivity contribution in [2.24, 2.45) is 11.5 Å². The first-order chi connectivity index (χ1) is 5.45. The van der Waals surface area contributed by atoms with Crippen molar-refractivity contribution in [3.05, 3.63) is 0 Å². The summed E-state index contributed by atoms with van der Waals surface area (Å²) in [7, 11) is 0. The fourth-order valence-corrected chi connectivity index (χ4v) is 0.308. The summed E-state index contributed by atoms with van der Waals surface area (Å²) in [4.78, 5) is 30.4. The lowest BCUT2D eigenvalue weighted by Gasteiger charge is -2.05. The zero-order chi connectivity index (χ0) is 9.72. The van der Waals surface area contributed by atoms with Crippen molar-refractivity contribution < 1.29 is 24.2 Å². The summed E-state index contributed by atoms with van der Waals surface area (Å²) in [6.45, 7) is -0.572. The molecule has 0 bridgehead atoms. The van der Waals surface area contributed by atoms with Crippen molar-refractivity contribution in [2.45, 2.75) is 6.04 Å². The summed E-state index contributed by atoms with van der Waals surface area (Å²) in [5.74, 6) is -3.91. The Hall–Kier alpha value is -1.63. The van der Waals surface area contributed by atoms with E-state index in [1.54, 1.807) is 0 Å². The Labute approximate surface area is 67.3 Å². The van der Waals surface area contributed by atoms with E-state index in [4.69, 9.17) is 10.8 Å². The standard InChI is InChI=1S/C5H8N2O5/c6-2(4(9)10)1-12-5(11)3(7)8/h2H,1,6H2,(H2,7,8)(H,9,10). The van der Waals surface area contributed by atoms with Crippen molar-refractivity contribution in [1.29, 1.82) is 0 Å². The van der Waals surface area contributed by atoms with Crippen molar-refractivity contribution in [3.8, 4) is 0 Å². The molecule has 0 saturated heterocycles. The topological polar surface area (TPSA) is 133 Å². The van der Waals surface area contributed by atoms with Gasteiger partial charge in [0.15, 0.2) is 0 Å². The molecule has 0 saturated carbocycles. The predicted octanol–water partition coefficient (Wildman–Crippen LogP) is -2.57. The lowest BCUT2D eigenvalue weighted by Crippen LogP contribution is -2.37. The maximum Gasteiger partial charge on any atom is 0.396 e. The Bertz CT molecular complexity index is 214. The average molecular weight is 176 g/mol. The van der Waals surface area contributed by atoms with E-state index in [0.717, 1.165) is 0 Å². The molecule has 0 heterocycles. The molecule has 0 fully saturated rings. The van der Waals surface area contributed by atoms with Crippen LogP contribution in [0.3, 0.4) is 0 Å². The Morgan fingerprint density at radius 3 is 2.25 bits per heavy atom. The Morgan fingerprint density at radius 1 is 1.42 bits per heavy atom. The maximum atomic E-state index is 10.3. The lowest BCUT2D eigenvalue weighted by atomic mass is 10.3. The normalized spacial score (nSPS) is 11.8. The van der Waals surface area contributed by atoms with E-state index in [9.17, 15) is 14.4 Å². The second kappa shape index (κ2) is 4.29. The van der Waals surface area contributed by atoms with Crippen LogP contribution in [0.15, 0.2) is 0 Å². The molecule has 5 N–H and O–H groups in total. The van der Waals surface area contributed by atoms with Crippen molar-refractivity contribution >= 4 is 17.8 Å². The quantitative estimate of drug-likeness (QED) is 0.319. The van der Waals surface area contributed by atoms with Gasteiger partial charge in [0.1, 0.15) is 12.6 Å². The number of hydrogen-bond donors (Lipinski definition) is 3. The minimum absolute atomic E-state index is 0.572. The van der Waals surface area contributed by atoms with Gasteiger partial charge in [0.05, 0.1) is 0 Å². The van der Waals surface area contributed by atoms with Crippen LogP contribution in [0.1, 0.15) is 0 Å². The summed E-state index contributed by atoms with van der Waals surface area (Å²) >= 11 is 0. The van der Waals surface area contributed by atoms with Crippen LogP contribution in [-0.4, -0.2) is 35.6 Å². The minimum atomic E-state index is -1.34. The minimum Gasteiger partial charge on any atom is -0.480 e. The molecule has 0 aromatic heterocycles. The average Bonchev–Trinajstić information content (AvgIpc) is 1.98. The number of nitrogens with two attached hydrogens (primary N) is 2. The van der Waals surface area contributed by atoms with Crippen molar-refractivity contribution in [2.75, 3.05) is 6.61 Å². The summed E-state index contributed by atoms with van der Waals surface area (Å²) in [5, 5.41) is 8.20. The van der Waals surface area contributed by atoms with Crippen LogP contribution < -0.4 is 11.5 Å². The van der Waals surface area contributed by atoms with Crippen LogP contribution in [0.2, 0.25) is 0 Å². The molecule has 0 aliphatic heterocycles. The molecular formula is C5H8N2O5. The molecule has 0 radical (unpaired) electrons. The van der Waals surface area contributed by atoms with Crippen LogP contribution >= 0.6 is 0 Å². The molecule has 12 heavy (non-hydrogen) atoms. The number of aliphatic carboxylic acids is 1. The molecule has 1 unspecified atom stereocenters. The van der Waals surface area contributed by atoms with Crippen LogP contribution in [0, 0.1) is 0 Å². The first-order valence-electron chi connectivity index (χ1n) is 2.90. The lowest BCUT2D eigenvalue weighted by molar-refractivity contribution is -0.155. The molecule has 7 heteroatoms. The molecule has 1 amide bonds. The van der Waals surface area contributed by atoms with Gasteiger partial charge < -0.3 is 21.3 Å². The summed E-state index contributed by atoms with van der Waals surface area (Å²) in [6.07, 6.45) is 0. The number of esters is 1. The number of ether oxygens (including phenoxy) is 1. The first kappa shape index (κ1) is 10.4. The van der Waals surface area contributed by atoms with Gasteiger partial charge in [-0.05, 0) is 0 Å². The predicted molar refractivity (Wildman–Crippen MR) is 35.8 cm³/mol. The van der Waals surface area contributed by atoms with Crippen molar-refractivity contribution in [1.82, 2.24) is 0 Å². The second-order valence-electron chi connectivity index (χ2n) is 1.91. The zero-order valence-electron chi connectivity index (χ0n) is 6.02. The highest BCUT2D eigenvalue weighted by molar-refractivity contribution is 6.31. The van der Waals surface area contributed by atoms with Gasteiger partial charge in [-0.2, -0.15) is 0 Å². The molecule has 0 aromatic carbocycles. The monoisotopic (exact) mass is 176 g/mol. The van der Waals surface area contributed by atoms with E-state index in [-0.39, 0.29) is 0 Å². The highest BCUT2D eigenvalue weighted by Gasteiger charge is 2.16. The zero-order valence-corrected chi connectivity index (χ0v) is 6.02. The van der Waals surface area contributed by atoms with E-state index < -0.39 is 30.5 Å². The van der Waals surface area contributed by atoms with Gasteiger partial charge in [0.25, 0.3) is 0 Å². The molecule has 0 aliphatic carbocycles.